The van der Waals surface area contributed by atoms with Crippen LogP contribution in [0.5, 0.6) is 0 Å². The average Bonchev–Trinajstić information content (AvgIpc) is 2.60. The summed E-state index contributed by atoms with van der Waals surface area (Å²) in [4.78, 5) is 2.49. The number of nitrogens with zero attached hydrogens (tertiary/aromatic N) is 1. The van der Waals surface area contributed by atoms with Crippen molar-refractivity contribution in [3.63, 3.8) is 0 Å². The Morgan fingerprint density at radius 3 is 2.61 bits per heavy atom. The maximum Gasteiger partial charge on any atom is 0.157 e. The molecular weight excluding hydrogens is 224 g/mol. The first-order valence-electron chi connectivity index (χ1n) is 6.82. The number of hydrogen-bond acceptors (Lipinski definition) is 3. The summed E-state index contributed by atoms with van der Waals surface area (Å²) < 4.78 is 5.88. The first kappa shape index (κ1) is 11.6. The quantitative estimate of drug-likeness (QED) is 0.823. The fraction of sp³-hybridized carbons (Fsp3) is 0.467. The number of para-hydroxylation sites is 1. The SMILES string of the molecule is Nc1cccc2cc(CN3CCCCCC3)oc12. The standard InChI is InChI=1S/C15H20N2O/c16-14-7-5-6-12-10-13(18-15(12)14)11-17-8-3-1-2-4-9-17/h5-7,10H,1-4,8-9,11,16H2. The van der Waals surface area contributed by atoms with Gasteiger partial charge in [-0.1, -0.05) is 25.0 Å². The van der Waals surface area contributed by atoms with Crippen molar-refractivity contribution in [2.24, 2.45) is 0 Å². The van der Waals surface area contributed by atoms with E-state index in [9.17, 15) is 0 Å². The minimum Gasteiger partial charge on any atom is -0.458 e. The van der Waals surface area contributed by atoms with Crippen LogP contribution < -0.4 is 5.73 Å². The van der Waals surface area contributed by atoms with Gasteiger partial charge in [0.25, 0.3) is 0 Å². The third-order valence-electron chi connectivity index (χ3n) is 3.70. The van der Waals surface area contributed by atoms with E-state index in [1.165, 1.54) is 38.8 Å². The number of hydrogen-bond donors (Lipinski definition) is 1. The van der Waals surface area contributed by atoms with E-state index < -0.39 is 0 Å². The molecule has 0 amide bonds. The summed E-state index contributed by atoms with van der Waals surface area (Å²) >= 11 is 0. The maximum absolute atomic E-state index is 5.92. The molecule has 96 valence electrons. The number of furan rings is 1. The van der Waals surface area contributed by atoms with Crippen molar-refractivity contribution < 1.29 is 4.42 Å². The van der Waals surface area contributed by atoms with Crippen molar-refractivity contribution in [3.05, 3.63) is 30.0 Å². The summed E-state index contributed by atoms with van der Waals surface area (Å²) in [6.07, 6.45) is 5.35. The van der Waals surface area contributed by atoms with Gasteiger partial charge in [-0.05, 0) is 38.1 Å². The molecule has 18 heavy (non-hydrogen) atoms. The summed E-state index contributed by atoms with van der Waals surface area (Å²) in [6, 6.07) is 8.04. The predicted molar refractivity (Wildman–Crippen MR) is 74.4 cm³/mol. The summed E-state index contributed by atoms with van der Waals surface area (Å²) in [5.41, 5.74) is 7.49. The maximum atomic E-state index is 5.92. The van der Waals surface area contributed by atoms with E-state index in [4.69, 9.17) is 10.2 Å². The molecule has 0 radical (unpaired) electrons. The molecule has 1 aromatic heterocycles. The molecule has 3 nitrogen and oxygen atoms in total. The molecule has 0 saturated carbocycles. The van der Waals surface area contributed by atoms with Crippen molar-refractivity contribution in [1.29, 1.82) is 0 Å². The Hall–Kier alpha value is -1.48. The number of benzene rings is 1. The van der Waals surface area contributed by atoms with Gasteiger partial charge < -0.3 is 10.2 Å². The molecule has 0 atom stereocenters. The summed E-state index contributed by atoms with van der Waals surface area (Å²) in [5, 5.41) is 1.11. The topological polar surface area (TPSA) is 42.4 Å². The fourth-order valence-corrected chi connectivity index (χ4v) is 2.73. The lowest BCUT2D eigenvalue weighted by molar-refractivity contribution is 0.256. The number of anilines is 1. The largest absolute Gasteiger partial charge is 0.458 e. The van der Waals surface area contributed by atoms with Crippen LogP contribution >= 0.6 is 0 Å². The minimum atomic E-state index is 0.731. The van der Waals surface area contributed by atoms with Gasteiger partial charge in [0.1, 0.15) is 5.76 Å². The summed E-state index contributed by atoms with van der Waals surface area (Å²) in [5.74, 6) is 1.03. The zero-order valence-corrected chi connectivity index (χ0v) is 10.7. The van der Waals surface area contributed by atoms with E-state index in [-0.39, 0.29) is 0 Å². The third kappa shape index (κ3) is 2.36. The molecule has 3 heteroatoms. The van der Waals surface area contributed by atoms with Gasteiger partial charge in [-0.25, -0.2) is 0 Å². The second-order valence-corrected chi connectivity index (χ2v) is 5.17. The Morgan fingerprint density at radius 1 is 1.11 bits per heavy atom. The first-order chi connectivity index (χ1) is 8.83. The van der Waals surface area contributed by atoms with E-state index >= 15 is 0 Å². The molecule has 1 fully saturated rings. The number of fused-ring (bicyclic) bond motifs is 1. The van der Waals surface area contributed by atoms with Crippen LogP contribution in [0.1, 0.15) is 31.4 Å². The van der Waals surface area contributed by atoms with E-state index in [0.29, 0.717) is 0 Å². The molecule has 0 bridgehead atoms. The van der Waals surface area contributed by atoms with Gasteiger partial charge >= 0.3 is 0 Å². The predicted octanol–water partition coefficient (Wildman–Crippen LogP) is 3.39. The zero-order valence-electron chi connectivity index (χ0n) is 10.7. The molecule has 2 aromatic rings. The average molecular weight is 244 g/mol. The first-order valence-corrected chi connectivity index (χ1v) is 6.82. The van der Waals surface area contributed by atoms with E-state index in [1.807, 2.05) is 12.1 Å². The van der Waals surface area contributed by atoms with Gasteiger partial charge in [-0.3, -0.25) is 4.90 Å². The molecule has 1 aliphatic heterocycles. The molecule has 1 aromatic carbocycles. The highest BCUT2D eigenvalue weighted by Crippen LogP contribution is 2.25. The molecule has 1 aliphatic rings. The monoisotopic (exact) mass is 244 g/mol. The van der Waals surface area contributed by atoms with E-state index in [1.54, 1.807) is 0 Å². The van der Waals surface area contributed by atoms with Crippen LogP contribution in [0.15, 0.2) is 28.7 Å². The van der Waals surface area contributed by atoms with Crippen LogP contribution in [-0.4, -0.2) is 18.0 Å². The van der Waals surface area contributed by atoms with Crippen LogP contribution in [0.3, 0.4) is 0 Å². The number of rotatable bonds is 2. The van der Waals surface area contributed by atoms with Gasteiger partial charge in [0.15, 0.2) is 5.58 Å². The fourth-order valence-electron chi connectivity index (χ4n) is 2.73. The van der Waals surface area contributed by atoms with Gasteiger partial charge in [0.2, 0.25) is 0 Å². The summed E-state index contributed by atoms with van der Waals surface area (Å²) in [7, 11) is 0. The van der Waals surface area contributed by atoms with Crippen molar-refractivity contribution in [2.45, 2.75) is 32.2 Å². The zero-order chi connectivity index (χ0) is 12.4. The van der Waals surface area contributed by atoms with Gasteiger partial charge in [-0.15, -0.1) is 0 Å². The minimum absolute atomic E-state index is 0.731. The molecular formula is C15H20N2O. The number of nitrogens with two attached hydrogens (primary N) is 1. The molecule has 0 spiro atoms. The van der Waals surface area contributed by atoms with Crippen molar-refractivity contribution in [1.82, 2.24) is 4.90 Å². The Balaban J connectivity index is 1.79. The lowest BCUT2D eigenvalue weighted by atomic mass is 10.2. The lowest BCUT2D eigenvalue weighted by Crippen LogP contribution is -2.23. The highest BCUT2D eigenvalue weighted by atomic mass is 16.3. The van der Waals surface area contributed by atoms with Crippen LogP contribution in [0.2, 0.25) is 0 Å². The highest BCUT2D eigenvalue weighted by molar-refractivity contribution is 5.88. The third-order valence-corrected chi connectivity index (χ3v) is 3.70. The molecule has 0 unspecified atom stereocenters. The van der Waals surface area contributed by atoms with Gasteiger partial charge in [0, 0.05) is 5.39 Å². The molecule has 0 aliphatic carbocycles. The Bertz CT molecular complexity index is 524. The molecule has 3 rings (SSSR count). The van der Waals surface area contributed by atoms with Gasteiger partial charge in [-0.2, -0.15) is 0 Å². The normalized spacial score (nSPS) is 18.0. The van der Waals surface area contributed by atoms with Crippen LogP contribution in [-0.2, 0) is 6.54 Å². The Labute approximate surface area is 108 Å². The van der Waals surface area contributed by atoms with Crippen LogP contribution in [0.25, 0.3) is 11.0 Å². The lowest BCUT2D eigenvalue weighted by Gasteiger charge is -2.17. The number of nitrogen functional groups attached to an aromatic ring is 1. The Morgan fingerprint density at radius 2 is 1.89 bits per heavy atom. The second kappa shape index (κ2) is 5.02. The van der Waals surface area contributed by atoms with Crippen molar-refractivity contribution in [2.75, 3.05) is 18.8 Å². The number of likely N-dealkylation sites (tertiary alicyclic amines) is 1. The second-order valence-electron chi connectivity index (χ2n) is 5.17. The molecule has 2 heterocycles. The molecule has 2 N–H and O–H groups in total. The summed E-state index contributed by atoms with van der Waals surface area (Å²) in [6.45, 7) is 3.28. The van der Waals surface area contributed by atoms with E-state index in [2.05, 4.69) is 17.0 Å². The molecule has 1 saturated heterocycles. The van der Waals surface area contributed by atoms with Crippen molar-refractivity contribution >= 4 is 16.7 Å². The van der Waals surface area contributed by atoms with Crippen molar-refractivity contribution in [3.8, 4) is 0 Å². The highest BCUT2D eigenvalue weighted by Gasteiger charge is 2.12. The van der Waals surface area contributed by atoms with Crippen LogP contribution in [0.4, 0.5) is 5.69 Å². The van der Waals surface area contributed by atoms with Crippen LogP contribution in [0, 0.1) is 0 Å². The van der Waals surface area contributed by atoms with E-state index in [0.717, 1.165) is 29.0 Å². The van der Waals surface area contributed by atoms with Gasteiger partial charge in [0.05, 0.1) is 12.2 Å². The Kier molecular flexibility index (Phi) is 3.24. The smallest absolute Gasteiger partial charge is 0.157 e.